The summed E-state index contributed by atoms with van der Waals surface area (Å²) in [6.45, 7) is 1.33. The van der Waals surface area contributed by atoms with E-state index in [0.717, 1.165) is 29.4 Å². The van der Waals surface area contributed by atoms with Crippen molar-refractivity contribution in [1.29, 1.82) is 0 Å². The van der Waals surface area contributed by atoms with Crippen molar-refractivity contribution in [2.45, 2.75) is 23.8 Å². The number of nitrogens with one attached hydrogen (secondary N) is 1. The minimum atomic E-state index is -4.02. The first kappa shape index (κ1) is 15.8. The lowest BCUT2D eigenvalue weighted by Gasteiger charge is -2.30. The Morgan fingerprint density at radius 2 is 2.19 bits per heavy atom. The molecule has 9 heteroatoms. The summed E-state index contributed by atoms with van der Waals surface area (Å²) in [6.07, 6.45) is 1.53. The number of nitrogens with zero attached hydrogens (tertiary/aromatic N) is 2. The molecule has 0 bridgehead atoms. The summed E-state index contributed by atoms with van der Waals surface area (Å²) in [5, 5.41) is 13.7. The van der Waals surface area contributed by atoms with Crippen LogP contribution in [0.2, 0.25) is 0 Å². The third-order valence-corrected chi connectivity index (χ3v) is 5.51. The highest BCUT2D eigenvalue weighted by Crippen LogP contribution is 2.25. The van der Waals surface area contributed by atoms with Crippen molar-refractivity contribution in [3.8, 4) is 0 Å². The Kier molecular flexibility index (Phi) is 4.55. The van der Waals surface area contributed by atoms with Crippen LogP contribution in [0.1, 0.15) is 12.8 Å². The van der Waals surface area contributed by atoms with Crippen LogP contribution in [0.5, 0.6) is 0 Å². The molecule has 1 aliphatic heterocycles. The van der Waals surface area contributed by atoms with Gasteiger partial charge in [0.2, 0.25) is 10.0 Å². The van der Waals surface area contributed by atoms with E-state index in [0.29, 0.717) is 19.0 Å². The molecule has 1 unspecified atom stereocenters. The van der Waals surface area contributed by atoms with Crippen molar-refractivity contribution in [3.05, 3.63) is 34.1 Å². The molecule has 7 nitrogen and oxygen atoms in total. The number of benzene rings is 1. The SMILES string of the molecule is CN(C1CCCNC1)S(=O)(=O)c1ccc([N+](=O)[O-])cc1F. The highest BCUT2D eigenvalue weighted by Gasteiger charge is 2.31. The zero-order chi connectivity index (χ0) is 15.6. The van der Waals surface area contributed by atoms with E-state index in [1.54, 1.807) is 0 Å². The summed E-state index contributed by atoms with van der Waals surface area (Å²) in [6, 6.07) is 2.30. The Morgan fingerprint density at radius 3 is 2.71 bits per heavy atom. The molecule has 1 fully saturated rings. The van der Waals surface area contributed by atoms with E-state index in [1.165, 1.54) is 7.05 Å². The van der Waals surface area contributed by atoms with Gasteiger partial charge in [-0.3, -0.25) is 10.1 Å². The van der Waals surface area contributed by atoms with E-state index in [4.69, 9.17) is 0 Å². The monoisotopic (exact) mass is 317 g/mol. The maximum Gasteiger partial charge on any atom is 0.272 e. The number of piperidine rings is 1. The predicted molar refractivity (Wildman–Crippen MR) is 73.9 cm³/mol. The molecule has 1 atom stereocenters. The van der Waals surface area contributed by atoms with Gasteiger partial charge in [0, 0.05) is 25.7 Å². The third-order valence-electron chi connectivity index (χ3n) is 3.57. The summed E-state index contributed by atoms with van der Waals surface area (Å²) in [4.78, 5) is 9.26. The molecule has 1 N–H and O–H groups in total. The quantitative estimate of drug-likeness (QED) is 0.663. The molecular formula is C12H16FN3O4S. The Morgan fingerprint density at radius 1 is 1.48 bits per heavy atom. The normalized spacial score (nSPS) is 19.7. The molecule has 1 heterocycles. The van der Waals surface area contributed by atoms with Gasteiger partial charge in [0.05, 0.1) is 11.0 Å². The van der Waals surface area contributed by atoms with E-state index in [9.17, 15) is 22.9 Å². The lowest BCUT2D eigenvalue weighted by atomic mass is 10.1. The molecule has 0 aromatic heterocycles. The first-order valence-corrected chi connectivity index (χ1v) is 7.90. The number of halogens is 1. The number of non-ortho nitro benzene ring substituents is 1. The van der Waals surface area contributed by atoms with Gasteiger partial charge in [-0.25, -0.2) is 12.8 Å². The van der Waals surface area contributed by atoms with Gasteiger partial charge < -0.3 is 5.32 Å². The summed E-state index contributed by atoms with van der Waals surface area (Å²) in [7, 11) is -2.62. The zero-order valence-corrected chi connectivity index (χ0v) is 12.3. The fourth-order valence-corrected chi connectivity index (χ4v) is 3.74. The van der Waals surface area contributed by atoms with E-state index in [-0.39, 0.29) is 6.04 Å². The van der Waals surface area contributed by atoms with Crippen LogP contribution in [0.15, 0.2) is 23.1 Å². The summed E-state index contributed by atoms with van der Waals surface area (Å²) < 4.78 is 39.9. The van der Waals surface area contributed by atoms with Crippen molar-refractivity contribution < 1.29 is 17.7 Å². The maximum absolute atomic E-state index is 13.9. The summed E-state index contributed by atoms with van der Waals surface area (Å²) >= 11 is 0. The molecule has 0 radical (unpaired) electrons. The van der Waals surface area contributed by atoms with Crippen molar-refractivity contribution in [3.63, 3.8) is 0 Å². The van der Waals surface area contributed by atoms with E-state index >= 15 is 0 Å². The highest BCUT2D eigenvalue weighted by molar-refractivity contribution is 7.89. The topological polar surface area (TPSA) is 92.6 Å². The Hall–Kier alpha value is -1.58. The fraction of sp³-hybridized carbons (Fsp3) is 0.500. The Labute approximate surface area is 122 Å². The Balaban J connectivity index is 2.32. The lowest BCUT2D eigenvalue weighted by molar-refractivity contribution is -0.385. The van der Waals surface area contributed by atoms with Gasteiger partial charge >= 0.3 is 0 Å². The van der Waals surface area contributed by atoms with Gasteiger partial charge in [0.15, 0.2) is 0 Å². The van der Waals surface area contributed by atoms with Crippen LogP contribution in [0.25, 0.3) is 0 Å². The molecule has 2 rings (SSSR count). The average molecular weight is 317 g/mol. The number of nitro groups is 1. The van der Waals surface area contributed by atoms with Gasteiger partial charge in [0.25, 0.3) is 5.69 Å². The van der Waals surface area contributed by atoms with E-state index in [2.05, 4.69) is 5.32 Å². The summed E-state index contributed by atoms with van der Waals surface area (Å²) in [5.41, 5.74) is -0.478. The molecule has 1 aromatic carbocycles. The minimum Gasteiger partial charge on any atom is -0.315 e. The van der Waals surface area contributed by atoms with Crippen molar-refractivity contribution in [2.24, 2.45) is 0 Å². The summed E-state index contributed by atoms with van der Waals surface area (Å²) in [5.74, 6) is -1.11. The van der Waals surface area contributed by atoms with Gasteiger partial charge in [-0.15, -0.1) is 0 Å². The number of nitro benzene ring substituents is 1. The molecule has 0 amide bonds. The third kappa shape index (κ3) is 3.20. The van der Waals surface area contributed by atoms with Crippen LogP contribution >= 0.6 is 0 Å². The van der Waals surface area contributed by atoms with Gasteiger partial charge in [-0.1, -0.05) is 0 Å². The van der Waals surface area contributed by atoms with Crippen molar-refractivity contribution in [1.82, 2.24) is 9.62 Å². The first-order chi connectivity index (χ1) is 9.84. The van der Waals surface area contributed by atoms with Crippen LogP contribution < -0.4 is 5.32 Å². The van der Waals surface area contributed by atoms with Crippen molar-refractivity contribution in [2.75, 3.05) is 20.1 Å². The predicted octanol–water partition coefficient (Wildman–Crippen LogP) is 1.11. The molecule has 1 aromatic rings. The van der Waals surface area contributed by atoms with Crippen molar-refractivity contribution >= 4 is 15.7 Å². The number of likely N-dealkylation sites (N-methyl/N-ethyl adjacent to an activating group) is 1. The molecule has 21 heavy (non-hydrogen) atoms. The zero-order valence-electron chi connectivity index (χ0n) is 11.5. The molecule has 0 spiro atoms. The van der Waals surface area contributed by atoms with Gasteiger partial charge in [0.1, 0.15) is 10.7 Å². The largest absolute Gasteiger partial charge is 0.315 e. The minimum absolute atomic E-state index is 0.252. The molecule has 0 aliphatic carbocycles. The smallest absolute Gasteiger partial charge is 0.272 e. The number of rotatable bonds is 4. The van der Waals surface area contributed by atoms with Gasteiger partial charge in [-0.05, 0) is 25.5 Å². The second-order valence-electron chi connectivity index (χ2n) is 4.89. The Bertz CT molecular complexity index is 644. The van der Waals surface area contributed by atoms with E-state index in [1.807, 2.05) is 0 Å². The first-order valence-electron chi connectivity index (χ1n) is 6.46. The fourth-order valence-electron chi connectivity index (χ4n) is 2.31. The maximum atomic E-state index is 13.9. The second-order valence-corrected chi connectivity index (χ2v) is 6.86. The van der Waals surface area contributed by atoms with Gasteiger partial charge in [-0.2, -0.15) is 4.31 Å². The van der Waals surface area contributed by atoms with Crippen LogP contribution in [0.4, 0.5) is 10.1 Å². The highest BCUT2D eigenvalue weighted by atomic mass is 32.2. The second kappa shape index (κ2) is 6.04. The number of hydrogen-bond acceptors (Lipinski definition) is 5. The molecule has 116 valence electrons. The number of sulfonamides is 1. The van der Waals surface area contributed by atoms with Crippen LogP contribution in [-0.2, 0) is 10.0 Å². The lowest BCUT2D eigenvalue weighted by Crippen LogP contribution is -2.46. The van der Waals surface area contributed by atoms with Crippen LogP contribution in [-0.4, -0.2) is 43.8 Å². The molecule has 0 saturated carbocycles. The van der Waals surface area contributed by atoms with E-state index < -0.39 is 31.3 Å². The number of hydrogen-bond donors (Lipinski definition) is 1. The van der Waals surface area contributed by atoms with Crippen LogP contribution in [0, 0.1) is 15.9 Å². The standard InChI is InChI=1S/C12H16FN3O4S/c1-15(10-3-2-6-14-8-10)21(19,20)12-5-4-9(16(17)18)7-11(12)13/h4-5,7,10,14H,2-3,6,8H2,1H3. The average Bonchev–Trinajstić information content (AvgIpc) is 2.46. The molecular weight excluding hydrogens is 301 g/mol. The molecule has 1 saturated heterocycles. The molecule has 1 aliphatic rings. The van der Waals surface area contributed by atoms with Crippen LogP contribution in [0.3, 0.4) is 0 Å².